The van der Waals surface area contributed by atoms with Crippen molar-refractivity contribution < 1.29 is 4.74 Å². The maximum atomic E-state index is 5.89. The first-order chi connectivity index (χ1) is 8.61. The van der Waals surface area contributed by atoms with Gasteiger partial charge in [0.2, 0.25) is 0 Å². The van der Waals surface area contributed by atoms with Crippen LogP contribution in [0.15, 0.2) is 18.2 Å². The summed E-state index contributed by atoms with van der Waals surface area (Å²) in [6.07, 6.45) is 5.36. The molecule has 0 spiro atoms. The molecule has 0 aromatic heterocycles. The zero-order valence-electron chi connectivity index (χ0n) is 11.5. The molecule has 18 heavy (non-hydrogen) atoms. The van der Waals surface area contributed by atoms with Gasteiger partial charge in [-0.3, -0.25) is 0 Å². The van der Waals surface area contributed by atoms with E-state index in [1.165, 1.54) is 25.7 Å². The fraction of sp³-hybridized carbons (Fsp3) is 0.600. The Hall–Kier alpha value is -1.38. The van der Waals surface area contributed by atoms with Crippen molar-refractivity contribution in [3.8, 4) is 5.75 Å². The van der Waals surface area contributed by atoms with Gasteiger partial charge in [0.25, 0.3) is 0 Å². The predicted octanol–water partition coefficient (Wildman–Crippen LogP) is 3.66. The molecular weight excluding hydrogens is 224 g/mol. The van der Waals surface area contributed by atoms with Crippen molar-refractivity contribution in [3.05, 3.63) is 18.2 Å². The van der Waals surface area contributed by atoms with E-state index < -0.39 is 0 Å². The molecular formula is C15H24N2O. The van der Waals surface area contributed by atoms with E-state index in [-0.39, 0.29) is 0 Å². The molecule has 3 heteroatoms. The largest absolute Gasteiger partial charge is 0.494 e. The second-order valence-electron chi connectivity index (χ2n) is 5.60. The number of ether oxygens (including phenoxy) is 1. The average Bonchev–Trinajstić information content (AvgIpc) is 2.74. The van der Waals surface area contributed by atoms with Crippen LogP contribution < -0.4 is 15.8 Å². The lowest BCUT2D eigenvalue weighted by Gasteiger charge is -2.24. The van der Waals surface area contributed by atoms with Crippen molar-refractivity contribution in [3.63, 3.8) is 0 Å². The summed E-state index contributed by atoms with van der Waals surface area (Å²) in [7, 11) is 0. The van der Waals surface area contributed by atoms with Gasteiger partial charge in [-0.05, 0) is 31.2 Å². The summed E-state index contributed by atoms with van der Waals surface area (Å²) < 4.78 is 5.50. The molecule has 3 nitrogen and oxygen atoms in total. The fourth-order valence-corrected chi connectivity index (χ4v) is 2.69. The SMILES string of the molecule is CCOc1cc(N)cc(NCC2(C)CCCC2)c1. The van der Waals surface area contributed by atoms with E-state index in [1.54, 1.807) is 0 Å². The molecule has 1 aliphatic carbocycles. The number of nitrogens with two attached hydrogens (primary N) is 1. The van der Waals surface area contributed by atoms with Crippen LogP contribution in [0.1, 0.15) is 39.5 Å². The van der Waals surface area contributed by atoms with Crippen molar-refractivity contribution in [1.82, 2.24) is 0 Å². The second-order valence-corrected chi connectivity index (χ2v) is 5.60. The zero-order valence-corrected chi connectivity index (χ0v) is 11.5. The summed E-state index contributed by atoms with van der Waals surface area (Å²) in [4.78, 5) is 0. The normalized spacial score (nSPS) is 17.7. The molecule has 0 amide bonds. The van der Waals surface area contributed by atoms with Crippen molar-refractivity contribution in [1.29, 1.82) is 0 Å². The smallest absolute Gasteiger partial charge is 0.123 e. The third-order valence-electron chi connectivity index (χ3n) is 3.77. The molecule has 0 aliphatic heterocycles. The predicted molar refractivity (Wildman–Crippen MR) is 77.1 cm³/mol. The molecule has 100 valence electrons. The monoisotopic (exact) mass is 248 g/mol. The van der Waals surface area contributed by atoms with E-state index in [0.29, 0.717) is 12.0 Å². The number of anilines is 2. The third-order valence-corrected chi connectivity index (χ3v) is 3.77. The first-order valence-corrected chi connectivity index (χ1v) is 6.88. The zero-order chi connectivity index (χ0) is 13.0. The second kappa shape index (κ2) is 5.51. The van der Waals surface area contributed by atoms with Gasteiger partial charge in [-0.15, -0.1) is 0 Å². The highest BCUT2D eigenvalue weighted by Gasteiger charge is 2.28. The Balaban J connectivity index is 2.00. The molecule has 0 unspecified atom stereocenters. The highest BCUT2D eigenvalue weighted by Crippen LogP contribution is 2.37. The molecule has 0 atom stereocenters. The topological polar surface area (TPSA) is 47.3 Å². The van der Waals surface area contributed by atoms with Crippen LogP contribution >= 0.6 is 0 Å². The molecule has 3 N–H and O–H groups in total. The van der Waals surface area contributed by atoms with E-state index in [4.69, 9.17) is 10.5 Å². The van der Waals surface area contributed by atoms with Gasteiger partial charge in [0, 0.05) is 30.1 Å². The van der Waals surface area contributed by atoms with Gasteiger partial charge in [0.15, 0.2) is 0 Å². The number of nitrogen functional groups attached to an aromatic ring is 1. The van der Waals surface area contributed by atoms with E-state index in [1.807, 2.05) is 25.1 Å². The van der Waals surface area contributed by atoms with Gasteiger partial charge >= 0.3 is 0 Å². The van der Waals surface area contributed by atoms with E-state index in [9.17, 15) is 0 Å². The lowest BCUT2D eigenvalue weighted by molar-refractivity contribution is 0.340. The van der Waals surface area contributed by atoms with Gasteiger partial charge in [-0.1, -0.05) is 19.8 Å². The molecule has 1 aromatic rings. The molecule has 0 radical (unpaired) electrons. The van der Waals surface area contributed by atoms with Crippen LogP contribution in [0, 0.1) is 5.41 Å². The minimum absolute atomic E-state index is 0.441. The number of hydrogen-bond acceptors (Lipinski definition) is 3. The molecule has 2 rings (SSSR count). The van der Waals surface area contributed by atoms with E-state index in [0.717, 1.165) is 23.7 Å². The number of rotatable bonds is 5. The summed E-state index contributed by atoms with van der Waals surface area (Å²) in [5.41, 5.74) is 8.14. The number of nitrogens with one attached hydrogen (secondary N) is 1. The molecule has 1 aliphatic rings. The first-order valence-electron chi connectivity index (χ1n) is 6.88. The first kappa shape index (κ1) is 13.1. The highest BCUT2D eigenvalue weighted by atomic mass is 16.5. The minimum atomic E-state index is 0.441. The molecule has 0 bridgehead atoms. The van der Waals surface area contributed by atoms with Gasteiger partial charge < -0.3 is 15.8 Å². The van der Waals surface area contributed by atoms with Crippen LogP contribution in [0.2, 0.25) is 0 Å². The van der Waals surface area contributed by atoms with Crippen molar-refractivity contribution in [2.45, 2.75) is 39.5 Å². The van der Waals surface area contributed by atoms with Crippen LogP contribution in [0.25, 0.3) is 0 Å². The summed E-state index contributed by atoms with van der Waals surface area (Å²) in [5, 5.41) is 3.51. The molecule has 0 saturated heterocycles. The van der Waals surface area contributed by atoms with Gasteiger partial charge in [-0.2, -0.15) is 0 Å². The standard InChI is InChI=1S/C15H24N2O/c1-3-18-14-9-12(16)8-13(10-14)17-11-15(2)6-4-5-7-15/h8-10,17H,3-7,11,16H2,1-2H3. The molecule has 1 fully saturated rings. The fourth-order valence-electron chi connectivity index (χ4n) is 2.69. The molecule has 1 aromatic carbocycles. The Labute approximate surface area is 110 Å². The van der Waals surface area contributed by atoms with Crippen LogP contribution in [0.3, 0.4) is 0 Å². The average molecular weight is 248 g/mol. The maximum absolute atomic E-state index is 5.89. The highest BCUT2D eigenvalue weighted by molar-refractivity contribution is 5.59. The maximum Gasteiger partial charge on any atom is 0.123 e. The van der Waals surface area contributed by atoms with Crippen LogP contribution in [-0.2, 0) is 0 Å². The van der Waals surface area contributed by atoms with Gasteiger partial charge in [0.05, 0.1) is 6.61 Å². The number of benzene rings is 1. The van der Waals surface area contributed by atoms with Gasteiger partial charge in [-0.25, -0.2) is 0 Å². The quantitative estimate of drug-likeness (QED) is 0.782. The third kappa shape index (κ3) is 3.31. The minimum Gasteiger partial charge on any atom is -0.494 e. The summed E-state index contributed by atoms with van der Waals surface area (Å²) in [6.45, 7) is 6.03. The lowest BCUT2D eigenvalue weighted by atomic mass is 9.89. The van der Waals surface area contributed by atoms with Crippen LogP contribution in [0.5, 0.6) is 5.75 Å². The summed E-state index contributed by atoms with van der Waals surface area (Å²) in [5.74, 6) is 0.844. The van der Waals surface area contributed by atoms with E-state index in [2.05, 4.69) is 12.2 Å². The van der Waals surface area contributed by atoms with Crippen molar-refractivity contribution >= 4 is 11.4 Å². The lowest BCUT2D eigenvalue weighted by Crippen LogP contribution is -2.22. The molecule has 1 saturated carbocycles. The Morgan fingerprint density at radius 2 is 2.00 bits per heavy atom. The number of hydrogen-bond donors (Lipinski definition) is 2. The summed E-state index contributed by atoms with van der Waals surface area (Å²) in [6, 6.07) is 5.87. The summed E-state index contributed by atoms with van der Waals surface area (Å²) >= 11 is 0. The Bertz CT molecular complexity index is 397. The Morgan fingerprint density at radius 3 is 2.67 bits per heavy atom. The van der Waals surface area contributed by atoms with E-state index >= 15 is 0 Å². The van der Waals surface area contributed by atoms with Crippen molar-refractivity contribution in [2.24, 2.45) is 5.41 Å². The Kier molecular flexibility index (Phi) is 4.00. The molecule has 0 heterocycles. The van der Waals surface area contributed by atoms with Crippen LogP contribution in [0.4, 0.5) is 11.4 Å². The Morgan fingerprint density at radius 1 is 1.28 bits per heavy atom. The van der Waals surface area contributed by atoms with Crippen molar-refractivity contribution in [2.75, 3.05) is 24.2 Å². The van der Waals surface area contributed by atoms with Gasteiger partial charge in [0.1, 0.15) is 5.75 Å². The van der Waals surface area contributed by atoms with Crippen LogP contribution in [-0.4, -0.2) is 13.2 Å².